The Bertz CT molecular complexity index is 1060. The van der Waals surface area contributed by atoms with Crippen LogP contribution < -0.4 is 14.8 Å². The molecule has 0 atom stereocenters. The number of aryl methyl sites for hydroxylation is 1. The van der Waals surface area contributed by atoms with E-state index in [-0.39, 0.29) is 18.4 Å². The van der Waals surface area contributed by atoms with Crippen molar-refractivity contribution in [2.45, 2.75) is 0 Å². The van der Waals surface area contributed by atoms with Crippen LogP contribution in [0.2, 0.25) is 0 Å². The Morgan fingerprint density at radius 3 is 2.57 bits per heavy atom. The third-order valence-electron chi connectivity index (χ3n) is 4.34. The summed E-state index contributed by atoms with van der Waals surface area (Å²) in [6, 6.07) is 13.7. The summed E-state index contributed by atoms with van der Waals surface area (Å²) in [6.07, 6.45) is 0. The summed E-state index contributed by atoms with van der Waals surface area (Å²) in [5, 5.41) is 7.06. The molecular weight excluding hydrogens is 362 g/mol. The highest BCUT2D eigenvalue weighted by atomic mass is 16.7. The molecule has 3 aromatic rings. The second-order valence-electron chi connectivity index (χ2n) is 6.13. The molecule has 1 amide bonds. The van der Waals surface area contributed by atoms with Crippen LogP contribution in [0.15, 0.2) is 48.5 Å². The molecule has 2 aromatic carbocycles. The minimum Gasteiger partial charge on any atom is -0.465 e. The lowest BCUT2D eigenvalue weighted by atomic mass is 10.1. The van der Waals surface area contributed by atoms with E-state index in [0.29, 0.717) is 22.7 Å². The maximum atomic E-state index is 12.5. The van der Waals surface area contributed by atoms with Crippen molar-refractivity contribution in [2.75, 3.05) is 19.2 Å². The third-order valence-corrected chi connectivity index (χ3v) is 4.34. The fourth-order valence-corrected chi connectivity index (χ4v) is 2.91. The van der Waals surface area contributed by atoms with Gasteiger partial charge >= 0.3 is 5.97 Å². The highest BCUT2D eigenvalue weighted by Crippen LogP contribution is 2.35. The van der Waals surface area contributed by atoms with E-state index in [9.17, 15) is 9.59 Å². The van der Waals surface area contributed by atoms with Gasteiger partial charge in [0, 0.05) is 18.3 Å². The molecule has 0 unspecified atom stereocenters. The normalized spacial score (nSPS) is 11.9. The first-order valence-electron chi connectivity index (χ1n) is 8.49. The van der Waals surface area contributed by atoms with Gasteiger partial charge in [-0.05, 0) is 48.5 Å². The van der Waals surface area contributed by atoms with Crippen molar-refractivity contribution in [1.29, 1.82) is 0 Å². The number of hydrogen-bond donors (Lipinski definition) is 1. The first-order valence-corrected chi connectivity index (χ1v) is 8.49. The number of aromatic nitrogens is 2. The number of esters is 1. The van der Waals surface area contributed by atoms with Crippen LogP contribution in [-0.4, -0.2) is 35.6 Å². The van der Waals surface area contributed by atoms with Gasteiger partial charge in [0.1, 0.15) is 0 Å². The van der Waals surface area contributed by atoms with E-state index in [4.69, 9.17) is 9.47 Å². The Balaban J connectivity index is 1.53. The number of carbonyl (C=O) groups is 2. The van der Waals surface area contributed by atoms with Gasteiger partial charge in [-0.3, -0.25) is 9.48 Å². The van der Waals surface area contributed by atoms with E-state index in [1.54, 1.807) is 42.1 Å². The van der Waals surface area contributed by atoms with E-state index in [0.717, 1.165) is 11.3 Å². The number of methoxy groups -OCH3 is 1. The monoisotopic (exact) mass is 379 g/mol. The van der Waals surface area contributed by atoms with Gasteiger partial charge in [0.05, 0.1) is 18.4 Å². The number of ether oxygens (including phenoxy) is 3. The molecule has 0 saturated carbocycles. The van der Waals surface area contributed by atoms with Crippen molar-refractivity contribution in [1.82, 2.24) is 9.78 Å². The van der Waals surface area contributed by atoms with Crippen LogP contribution in [0.5, 0.6) is 11.5 Å². The highest BCUT2D eigenvalue weighted by molar-refractivity contribution is 6.03. The Labute approximate surface area is 160 Å². The van der Waals surface area contributed by atoms with Crippen LogP contribution in [-0.2, 0) is 11.8 Å². The standard InChI is InChI=1S/C20H17N3O5/c1-23-16(13-5-8-17-18(9-13)28-11-27-17)10-15(22-23)19(24)21-14-6-3-12(4-7-14)20(25)26-2/h3-10H,11H2,1-2H3,(H,21,24). The molecule has 8 heteroatoms. The average molecular weight is 379 g/mol. The average Bonchev–Trinajstić information content (AvgIpc) is 3.33. The number of benzene rings is 2. The Hall–Kier alpha value is -3.81. The SMILES string of the molecule is COC(=O)c1ccc(NC(=O)c2cc(-c3ccc4c(c3)OCO4)n(C)n2)cc1. The molecule has 28 heavy (non-hydrogen) atoms. The smallest absolute Gasteiger partial charge is 0.337 e. The molecule has 1 aliphatic rings. The number of amides is 1. The number of nitrogens with zero attached hydrogens (tertiary/aromatic N) is 2. The second kappa shape index (κ2) is 7.07. The predicted octanol–water partition coefficient (Wildman–Crippen LogP) is 2.85. The number of nitrogens with one attached hydrogen (secondary N) is 1. The van der Waals surface area contributed by atoms with Crippen LogP contribution >= 0.6 is 0 Å². The van der Waals surface area contributed by atoms with Gasteiger partial charge in [-0.25, -0.2) is 4.79 Å². The van der Waals surface area contributed by atoms with Crippen molar-refractivity contribution >= 4 is 17.6 Å². The minimum atomic E-state index is -0.434. The number of hydrogen-bond acceptors (Lipinski definition) is 6. The molecule has 142 valence electrons. The minimum absolute atomic E-state index is 0.201. The molecule has 0 saturated heterocycles. The molecule has 8 nitrogen and oxygen atoms in total. The summed E-state index contributed by atoms with van der Waals surface area (Å²) in [5.41, 5.74) is 2.86. The van der Waals surface area contributed by atoms with E-state index < -0.39 is 5.97 Å². The summed E-state index contributed by atoms with van der Waals surface area (Å²) < 4.78 is 17.0. The van der Waals surface area contributed by atoms with Crippen LogP contribution in [0.3, 0.4) is 0 Å². The zero-order valence-corrected chi connectivity index (χ0v) is 15.3. The summed E-state index contributed by atoms with van der Waals surface area (Å²) in [7, 11) is 3.08. The summed E-state index contributed by atoms with van der Waals surface area (Å²) >= 11 is 0. The van der Waals surface area contributed by atoms with Gasteiger partial charge in [0.15, 0.2) is 17.2 Å². The Morgan fingerprint density at radius 2 is 1.82 bits per heavy atom. The van der Waals surface area contributed by atoms with E-state index >= 15 is 0 Å². The number of rotatable bonds is 4. The zero-order valence-electron chi connectivity index (χ0n) is 15.3. The third kappa shape index (κ3) is 3.27. The summed E-state index contributed by atoms with van der Waals surface area (Å²) in [4.78, 5) is 24.0. The molecule has 2 heterocycles. The Kier molecular flexibility index (Phi) is 4.44. The lowest BCUT2D eigenvalue weighted by Crippen LogP contribution is -2.13. The highest BCUT2D eigenvalue weighted by Gasteiger charge is 2.18. The first kappa shape index (κ1) is 17.6. The van der Waals surface area contributed by atoms with Crippen molar-refractivity contribution in [3.63, 3.8) is 0 Å². The van der Waals surface area contributed by atoms with Gasteiger partial charge in [-0.2, -0.15) is 5.10 Å². The topological polar surface area (TPSA) is 91.7 Å². The Morgan fingerprint density at radius 1 is 1.07 bits per heavy atom. The summed E-state index contributed by atoms with van der Waals surface area (Å²) in [6.45, 7) is 0.201. The molecule has 0 spiro atoms. The molecule has 0 fully saturated rings. The number of anilines is 1. The molecular formula is C20H17N3O5. The summed E-state index contributed by atoms with van der Waals surface area (Å²) in [5.74, 6) is 0.569. The fourth-order valence-electron chi connectivity index (χ4n) is 2.91. The zero-order chi connectivity index (χ0) is 19.7. The van der Waals surface area contributed by atoms with E-state index in [1.807, 2.05) is 18.2 Å². The van der Waals surface area contributed by atoms with Crippen LogP contribution in [0.1, 0.15) is 20.8 Å². The van der Waals surface area contributed by atoms with Crippen molar-refractivity contribution in [2.24, 2.45) is 7.05 Å². The molecule has 0 aliphatic carbocycles. The van der Waals surface area contributed by atoms with E-state index in [2.05, 4.69) is 15.2 Å². The predicted molar refractivity (Wildman–Crippen MR) is 101 cm³/mol. The lowest BCUT2D eigenvalue weighted by Gasteiger charge is -2.04. The van der Waals surface area contributed by atoms with E-state index in [1.165, 1.54) is 7.11 Å². The number of carbonyl (C=O) groups excluding carboxylic acids is 2. The van der Waals surface area contributed by atoms with Crippen LogP contribution in [0.4, 0.5) is 5.69 Å². The number of fused-ring (bicyclic) bond motifs is 1. The van der Waals surface area contributed by atoms with Crippen LogP contribution in [0.25, 0.3) is 11.3 Å². The van der Waals surface area contributed by atoms with Gasteiger partial charge < -0.3 is 19.5 Å². The quantitative estimate of drug-likeness (QED) is 0.701. The first-order chi connectivity index (χ1) is 13.5. The maximum Gasteiger partial charge on any atom is 0.337 e. The molecule has 1 aromatic heterocycles. The van der Waals surface area contributed by atoms with Gasteiger partial charge in [-0.15, -0.1) is 0 Å². The maximum absolute atomic E-state index is 12.5. The molecule has 0 radical (unpaired) electrons. The molecule has 4 rings (SSSR count). The van der Waals surface area contributed by atoms with Crippen molar-refractivity contribution < 1.29 is 23.8 Å². The molecule has 0 bridgehead atoms. The molecule has 1 aliphatic heterocycles. The largest absolute Gasteiger partial charge is 0.465 e. The van der Waals surface area contributed by atoms with Crippen molar-refractivity contribution in [3.05, 3.63) is 59.8 Å². The molecule has 1 N–H and O–H groups in total. The van der Waals surface area contributed by atoms with Crippen LogP contribution in [0, 0.1) is 0 Å². The lowest BCUT2D eigenvalue weighted by molar-refractivity contribution is 0.0600. The van der Waals surface area contributed by atoms with Gasteiger partial charge in [-0.1, -0.05) is 0 Å². The fraction of sp³-hybridized carbons (Fsp3) is 0.150. The second-order valence-corrected chi connectivity index (χ2v) is 6.13. The van der Waals surface area contributed by atoms with Gasteiger partial charge in [0.25, 0.3) is 5.91 Å². The van der Waals surface area contributed by atoms with Gasteiger partial charge in [0.2, 0.25) is 6.79 Å². The van der Waals surface area contributed by atoms with Crippen molar-refractivity contribution in [3.8, 4) is 22.8 Å².